The third kappa shape index (κ3) is 1.83. The molecule has 4 aliphatic carbocycles. The van der Waals surface area contributed by atoms with Crippen molar-refractivity contribution in [1.82, 2.24) is 0 Å². The summed E-state index contributed by atoms with van der Waals surface area (Å²) < 4.78 is 0. The van der Waals surface area contributed by atoms with E-state index in [1.807, 2.05) is 0 Å². The van der Waals surface area contributed by atoms with Gasteiger partial charge in [-0.3, -0.25) is 0 Å². The Morgan fingerprint density at radius 1 is 1.17 bits per heavy atom. The van der Waals surface area contributed by atoms with E-state index in [9.17, 15) is 4.79 Å². The standard InChI is InChI=1S/C22H22O/c23-14-22-13-16(22)7-5-11-21(22)20-12-15-6-1-2-8-17(15)18-9-3-4-10-19(18)20/h1-3,6,8-9,11,14,16,20H,4-5,7,10,12-13H2. The molecule has 0 radical (unpaired) electrons. The second-order valence-corrected chi connectivity index (χ2v) is 7.59. The van der Waals surface area contributed by atoms with Gasteiger partial charge in [0.2, 0.25) is 0 Å². The van der Waals surface area contributed by atoms with Crippen LogP contribution >= 0.6 is 0 Å². The van der Waals surface area contributed by atoms with Crippen molar-refractivity contribution < 1.29 is 4.79 Å². The highest BCUT2D eigenvalue weighted by Gasteiger charge is 2.59. The zero-order valence-electron chi connectivity index (χ0n) is 13.4. The number of rotatable bonds is 2. The van der Waals surface area contributed by atoms with E-state index in [-0.39, 0.29) is 5.41 Å². The molecule has 1 fully saturated rings. The molecule has 4 aliphatic rings. The smallest absolute Gasteiger partial charge is 0.130 e. The van der Waals surface area contributed by atoms with Gasteiger partial charge in [0.1, 0.15) is 6.29 Å². The molecule has 1 heteroatoms. The molecule has 0 bridgehead atoms. The predicted molar refractivity (Wildman–Crippen MR) is 92.9 cm³/mol. The van der Waals surface area contributed by atoms with E-state index in [1.165, 1.54) is 35.0 Å². The number of aldehydes is 1. The highest BCUT2D eigenvalue weighted by atomic mass is 16.1. The molecule has 3 atom stereocenters. The van der Waals surface area contributed by atoms with Crippen LogP contribution in [0.1, 0.15) is 43.2 Å². The van der Waals surface area contributed by atoms with Gasteiger partial charge in [0, 0.05) is 5.92 Å². The average Bonchev–Trinajstić information content (AvgIpc) is 3.36. The first-order valence-electron chi connectivity index (χ1n) is 8.98. The van der Waals surface area contributed by atoms with Crippen LogP contribution in [0.25, 0.3) is 5.57 Å². The molecule has 0 N–H and O–H groups in total. The van der Waals surface area contributed by atoms with Gasteiger partial charge in [-0.15, -0.1) is 0 Å². The van der Waals surface area contributed by atoms with Gasteiger partial charge < -0.3 is 4.79 Å². The number of carbonyl (C=O) groups excluding carboxylic acids is 1. The molecule has 1 aromatic rings. The second kappa shape index (κ2) is 4.80. The molecule has 0 saturated heterocycles. The van der Waals surface area contributed by atoms with Gasteiger partial charge in [0.15, 0.2) is 0 Å². The van der Waals surface area contributed by atoms with Gasteiger partial charge in [-0.2, -0.15) is 0 Å². The van der Waals surface area contributed by atoms with Gasteiger partial charge >= 0.3 is 0 Å². The highest BCUT2D eigenvalue weighted by molar-refractivity contribution is 5.83. The zero-order valence-corrected chi connectivity index (χ0v) is 13.4. The lowest BCUT2D eigenvalue weighted by atomic mass is 9.67. The topological polar surface area (TPSA) is 17.1 Å². The SMILES string of the molecule is O=CC12CC1CCC=C2C1Cc2ccccc2C2=C1CCC=C2. The maximum Gasteiger partial charge on any atom is 0.130 e. The van der Waals surface area contributed by atoms with Crippen LogP contribution < -0.4 is 0 Å². The molecular formula is C22H22O. The Morgan fingerprint density at radius 3 is 3.00 bits per heavy atom. The molecule has 23 heavy (non-hydrogen) atoms. The molecule has 0 aliphatic heterocycles. The maximum atomic E-state index is 11.9. The summed E-state index contributed by atoms with van der Waals surface area (Å²) >= 11 is 0. The van der Waals surface area contributed by atoms with E-state index in [4.69, 9.17) is 0 Å². The normalized spacial score (nSPS) is 34.2. The van der Waals surface area contributed by atoms with Crippen LogP contribution in [0.15, 0.2) is 53.6 Å². The Hall–Kier alpha value is -1.89. The molecule has 0 aromatic heterocycles. The fraction of sp³-hybridized carbons (Fsp3) is 0.409. The number of benzene rings is 1. The van der Waals surface area contributed by atoms with Crippen molar-refractivity contribution in [1.29, 1.82) is 0 Å². The van der Waals surface area contributed by atoms with E-state index in [1.54, 1.807) is 5.57 Å². The molecule has 1 aromatic carbocycles. The van der Waals surface area contributed by atoms with E-state index < -0.39 is 0 Å². The Labute approximate surface area is 137 Å². The minimum atomic E-state index is -0.103. The van der Waals surface area contributed by atoms with Crippen LogP contribution in [0.3, 0.4) is 0 Å². The van der Waals surface area contributed by atoms with Gasteiger partial charge in [-0.25, -0.2) is 0 Å². The number of hydrogen-bond donors (Lipinski definition) is 0. The van der Waals surface area contributed by atoms with Crippen molar-refractivity contribution in [2.45, 2.75) is 38.5 Å². The zero-order chi connectivity index (χ0) is 15.4. The van der Waals surface area contributed by atoms with Gasteiger partial charge in [0.05, 0.1) is 5.41 Å². The van der Waals surface area contributed by atoms with Crippen LogP contribution in [0.4, 0.5) is 0 Å². The number of allylic oxidation sites excluding steroid dienone is 6. The van der Waals surface area contributed by atoms with Crippen molar-refractivity contribution in [2.24, 2.45) is 17.3 Å². The van der Waals surface area contributed by atoms with Gasteiger partial charge in [-0.1, -0.05) is 53.6 Å². The maximum absolute atomic E-state index is 11.9. The van der Waals surface area contributed by atoms with Gasteiger partial charge in [-0.05, 0) is 61.1 Å². The summed E-state index contributed by atoms with van der Waals surface area (Å²) in [5.74, 6) is 1.08. The quantitative estimate of drug-likeness (QED) is 0.561. The summed E-state index contributed by atoms with van der Waals surface area (Å²) in [5, 5.41) is 0. The van der Waals surface area contributed by atoms with E-state index in [0.29, 0.717) is 11.8 Å². The Morgan fingerprint density at radius 2 is 2.09 bits per heavy atom. The van der Waals surface area contributed by atoms with Gasteiger partial charge in [0.25, 0.3) is 0 Å². The van der Waals surface area contributed by atoms with Crippen molar-refractivity contribution in [3.05, 3.63) is 64.8 Å². The first-order valence-corrected chi connectivity index (χ1v) is 8.98. The van der Waals surface area contributed by atoms with E-state index in [0.717, 1.165) is 32.1 Å². The van der Waals surface area contributed by atoms with Crippen molar-refractivity contribution >= 4 is 11.9 Å². The van der Waals surface area contributed by atoms with E-state index >= 15 is 0 Å². The van der Waals surface area contributed by atoms with Crippen molar-refractivity contribution in [3.8, 4) is 0 Å². The lowest BCUT2D eigenvalue weighted by Crippen LogP contribution is -2.27. The fourth-order valence-corrected chi connectivity index (χ4v) is 5.28. The third-order valence-electron chi connectivity index (χ3n) is 6.52. The Kier molecular flexibility index (Phi) is 2.83. The summed E-state index contributed by atoms with van der Waals surface area (Å²) in [6, 6.07) is 8.84. The number of hydrogen-bond acceptors (Lipinski definition) is 1. The summed E-state index contributed by atoms with van der Waals surface area (Å²) in [7, 11) is 0. The summed E-state index contributed by atoms with van der Waals surface area (Å²) in [6.45, 7) is 0. The first-order chi connectivity index (χ1) is 11.3. The summed E-state index contributed by atoms with van der Waals surface area (Å²) in [6.07, 6.45) is 15.2. The lowest BCUT2D eigenvalue weighted by molar-refractivity contribution is -0.111. The molecule has 0 heterocycles. The Bertz CT molecular complexity index is 779. The molecule has 116 valence electrons. The average molecular weight is 302 g/mol. The minimum absolute atomic E-state index is 0.103. The molecule has 1 saturated carbocycles. The van der Waals surface area contributed by atoms with Crippen LogP contribution in [0.5, 0.6) is 0 Å². The largest absolute Gasteiger partial charge is 0.302 e. The molecular weight excluding hydrogens is 280 g/mol. The molecule has 0 spiro atoms. The van der Waals surface area contributed by atoms with Crippen molar-refractivity contribution in [2.75, 3.05) is 0 Å². The van der Waals surface area contributed by atoms with Crippen molar-refractivity contribution in [3.63, 3.8) is 0 Å². The minimum Gasteiger partial charge on any atom is -0.302 e. The number of fused-ring (bicyclic) bond motifs is 3. The molecule has 5 rings (SSSR count). The molecule has 3 unspecified atom stereocenters. The third-order valence-corrected chi connectivity index (χ3v) is 6.52. The van der Waals surface area contributed by atoms with Crippen LogP contribution in [0.2, 0.25) is 0 Å². The predicted octanol–water partition coefficient (Wildman–Crippen LogP) is 4.89. The monoisotopic (exact) mass is 302 g/mol. The van der Waals surface area contributed by atoms with Crippen LogP contribution in [-0.2, 0) is 11.2 Å². The summed E-state index contributed by atoms with van der Waals surface area (Å²) in [5.41, 5.74) is 7.25. The summed E-state index contributed by atoms with van der Waals surface area (Å²) in [4.78, 5) is 11.9. The first kappa shape index (κ1) is 13.5. The molecule has 0 amide bonds. The van der Waals surface area contributed by atoms with E-state index in [2.05, 4.69) is 42.5 Å². The fourth-order valence-electron chi connectivity index (χ4n) is 5.28. The highest BCUT2D eigenvalue weighted by Crippen LogP contribution is 2.64. The molecule has 1 nitrogen and oxygen atoms in total. The lowest BCUT2D eigenvalue weighted by Gasteiger charge is -2.36. The Balaban J connectivity index is 1.66. The van der Waals surface area contributed by atoms with Crippen LogP contribution in [-0.4, -0.2) is 6.29 Å². The number of carbonyl (C=O) groups is 1. The van der Waals surface area contributed by atoms with Crippen LogP contribution in [0, 0.1) is 17.3 Å². The second-order valence-electron chi connectivity index (χ2n) is 7.59.